The minimum atomic E-state index is -1.94. The van der Waals surface area contributed by atoms with Gasteiger partial charge in [-0.15, -0.1) is 0 Å². The van der Waals surface area contributed by atoms with Gasteiger partial charge in [-0.3, -0.25) is 0 Å². The molecule has 0 amide bonds. The van der Waals surface area contributed by atoms with E-state index in [4.69, 9.17) is 4.42 Å². The summed E-state index contributed by atoms with van der Waals surface area (Å²) in [5, 5.41) is 2.53. The van der Waals surface area contributed by atoms with E-state index in [1.807, 2.05) is 54.9 Å². The van der Waals surface area contributed by atoms with Crippen molar-refractivity contribution in [1.82, 2.24) is 0 Å². The molecule has 0 radical (unpaired) electrons. The lowest BCUT2D eigenvalue weighted by Gasteiger charge is -2.17. The molecular formula is C35H32F2NOSi+. The van der Waals surface area contributed by atoms with Crippen molar-refractivity contribution in [1.29, 1.82) is 0 Å². The Bertz CT molecular complexity index is 1910. The van der Waals surface area contributed by atoms with Crippen LogP contribution in [0.25, 0.3) is 55.4 Å². The predicted molar refractivity (Wildman–Crippen MR) is 164 cm³/mol. The minimum Gasteiger partial charge on any atom is -0.454 e. The zero-order valence-corrected chi connectivity index (χ0v) is 24.7. The molecule has 0 fully saturated rings. The third-order valence-electron chi connectivity index (χ3n) is 7.82. The molecule has 0 spiro atoms. The summed E-state index contributed by atoms with van der Waals surface area (Å²) in [4.78, 5) is 0. The van der Waals surface area contributed by atoms with Crippen LogP contribution < -0.4 is 9.75 Å². The molecule has 0 aliphatic carbocycles. The van der Waals surface area contributed by atoms with Gasteiger partial charge in [-0.2, -0.15) is 4.57 Å². The number of fused-ring (bicyclic) bond motifs is 3. The largest absolute Gasteiger partial charge is 0.454 e. The van der Waals surface area contributed by atoms with Crippen LogP contribution in [0.1, 0.15) is 11.1 Å². The molecule has 40 heavy (non-hydrogen) atoms. The fourth-order valence-electron chi connectivity index (χ4n) is 5.58. The number of furan rings is 1. The SMILES string of the molecule is Cc1ccc(-c2ccc(-c3c(F)ccc4c3oc3c(-c5cc([Si](C)(C)C)c(F)c[n+]5C)c(C)ccc34)cc2)cc1. The van der Waals surface area contributed by atoms with Gasteiger partial charge in [0.1, 0.15) is 24.0 Å². The van der Waals surface area contributed by atoms with Gasteiger partial charge in [0.15, 0.2) is 5.82 Å². The molecule has 6 rings (SSSR count). The first-order valence-corrected chi connectivity index (χ1v) is 17.0. The molecule has 0 saturated heterocycles. The highest BCUT2D eigenvalue weighted by Gasteiger charge is 2.29. The second kappa shape index (κ2) is 9.53. The maximum Gasteiger partial charge on any atom is 0.216 e. The summed E-state index contributed by atoms with van der Waals surface area (Å²) in [5.74, 6) is -0.514. The van der Waals surface area contributed by atoms with Crippen molar-refractivity contribution in [3.05, 3.63) is 108 Å². The van der Waals surface area contributed by atoms with Crippen LogP contribution in [0.5, 0.6) is 0 Å². The van der Waals surface area contributed by atoms with Crippen molar-refractivity contribution in [2.75, 3.05) is 0 Å². The molecule has 0 unspecified atom stereocenters. The highest BCUT2D eigenvalue weighted by atomic mass is 28.3. The molecule has 2 aromatic heterocycles. The van der Waals surface area contributed by atoms with E-state index in [2.05, 4.69) is 56.9 Å². The van der Waals surface area contributed by atoms with E-state index in [1.54, 1.807) is 12.3 Å². The summed E-state index contributed by atoms with van der Waals surface area (Å²) in [6, 6.07) is 25.7. The lowest BCUT2D eigenvalue weighted by Crippen LogP contribution is -2.44. The van der Waals surface area contributed by atoms with E-state index in [0.717, 1.165) is 49.5 Å². The molecule has 0 atom stereocenters. The normalized spacial score (nSPS) is 12.0. The number of hydrogen-bond acceptors (Lipinski definition) is 1. The molecular weight excluding hydrogens is 516 g/mol. The van der Waals surface area contributed by atoms with Gasteiger partial charge in [0.25, 0.3) is 0 Å². The molecule has 0 saturated carbocycles. The van der Waals surface area contributed by atoms with Gasteiger partial charge in [0, 0.05) is 16.8 Å². The number of nitrogens with zero attached hydrogens (tertiary/aromatic N) is 1. The Morgan fingerprint density at radius 1 is 0.650 bits per heavy atom. The molecule has 6 aromatic rings. The highest BCUT2D eigenvalue weighted by molar-refractivity contribution is 6.88. The zero-order valence-electron chi connectivity index (χ0n) is 23.7. The van der Waals surface area contributed by atoms with Gasteiger partial charge in [-0.1, -0.05) is 85.9 Å². The summed E-state index contributed by atoms with van der Waals surface area (Å²) < 4.78 is 38.9. The zero-order chi connectivity index (χ0) is 28.3. The Kier molecular flexibility index (Phi) is 6.23. The Labute approximate surface area is 234 Å². The fourth-order valence-corrected chi connectivity index (χ4v) is 6.93. The van der Waals surface area contributed by atoms with Crippen molar-refractivity contribution in [3.8, 4) is 33.5 Å². The summed E-state index contributed by atoms with van der Waals surface area (Å²) in [6.07, 6.45) is 1.56. The third-order valence-corrected chi connectivity index (χ3v) is 9.81. The van der Waals surface area contributed by atoms with Gasteiger partial charge in [0.05, 0.1) is 19.2 Å². The lowest BCUT2D eigenvalue weighted by molar-refractivity contribution is -0.661. The average Bonchev–Trinajstić information content (AvgIpc) is 3.27. The maximum atomic E-state index is 15.5. The molecule has 5 heteroatoms. The van der Waals surface area contributed by atoms with Crippen LogP contribution in [0.2, 0.25) is 19.6 Å². The van der Waals surface area contributed by atoms with Gasteiger partial charge >= 0.3 is 0 Å². The van der Waals surface area contributed by atoms with Crippen LogP contribution in [-0.2, 0) is 7.05 Å². The molecule has 0 aliphatic rings. The first kappa shape index (κ1) is 26.1. The number of aryl methyl sites for hydroxylation is 3. The monoisotopic (exact) mass is 548 g/mol. The quantitative estimate of drug-likeness (QED) is 0.159. The average molecular weight is 549 g/mol. The first-order valence-electron chi connectivity index (χ1n) is 13.5. The predicted octanol–water partition coefficient (Wildman–Crippen LogP) is 8.85. The number of aromatic nitrogens is 1. The molecule has 4 aromatic carbocycles. The van der Waals surface area contributed by atoms with Crippen molar-refractivity contribution in [2.45, 2.75) is 33.5 Å². The Morgan fingerprint density at radius 2 is 1.20 bits per heavy atom. The van der Waals surface area contributed by atoms with Crippen molar-refractivity contribution in [3.63, 3.8) is 0 Å². The minimum absolute atomic E-state index is 0.182. The Hall–Kier alpha value is -4.09. The van der Waals surface area contributed by atoms with E-state index in [-0.39, 0.29) is 11.6 Å². The first-order chi connectivity index (χ1) is 19.0. The van der Waals surface area contributed by atoms with Crippen LogP contribution >= 0.6 is 0 Å². The summed E-state index contributed by atoms with van der Waals surface area (Å²) in [5.41, 5.74) is 8.58. The van der Waals surface area contributed by atoms with E-state index in [1.165, 1.54) is 11.6 Å². The van der Waals surface area contributed by atoms with Crippen LogP contribution in [0.3, 0.4) is 0 Å². The highest BCUT2D eigenvalue weighted by Crippen LogP contribution is 2.41. The second-order valence-electron chi connectivity index (χ2n) is 11.8. The van der Waals surface area contributed by atoms with Gasteiger partial charge in [0.2, 0.25) is 11.9 Å². The summed E-state index contributed by atoms with van der Waals surface area (Å²) in [6.45, 7) is 10.5. The smallest absolute Gasteiger partial charge is 0.216 e. The third kappa shape index (κ3) is 4.35. The van der Waals surface area contributed by atoms with Crippen LogP contribution in [-0.4, -0.2) is 8.07 Å². The molecule has 0 aliphatic heterocycles. The van der Waals surface area contributed by atoms with Crippen molar-refractivity contribution in [2.24, 2.45) is 7.05 Å². The number of pyridine rings is 1. The number of benzene rings is 4. The van der Waals surface area contributed by atoms with Crippen LogP contribution in [0.15, 0.2) is 89.5 Å². The van der Waals surface area contributed by atoms with Crippen molar-refractivity contribution < 1.29 is 17.8 Å². The standard InChI is InChI=1S/C35H32F2NOSi/c1-21-7-10-23(11-8-21)24-12-14-25(15-13-24)33-28(36)18-17-27-26-16-9-22(2)32(34(26)39-35(27)33)30-19-31(40(4,5)6)29(37)20-38(30)3/h7-20H,1-6H3/q+1. The maximum absolute atomic E-state index is 15.5. The molecule has 200 valence electrons. The lowest BCUT2D eigenvalue weighted by atomic mass is 9.97. The van der Waals surface area contributed by atoms with Gasteiger partial charge < -0.3 is 4.42 Å². The molecule has 0 bridgehead atoms. The van der Waals surface area contributed by atoms with E-state index in [0.29, 0.717) is 16.7 Å². The van der Waals surface area contributed by atoms with E-state index >= 15 is 8.78 Å². The molecule has 0 N–H and O–H groups in total. The molecule has 2 heterocycles. The van der Waals surface area contributed by atoms with Gasteiger partial charge in [-0.05, 0) is 53.4 Å². The van der Waals surface area contributed by atoms with Gasteiger partial charge in [-0.25, -0.2) is 8.78 Å². The Morgan fingerprint density at radius 3 is 1.82 bits per heavy atom. The Balaban J connectivity index is 1.56. The van der Waals surface area contributed by atoms with Crippen LogP contribution in [0, 0.1) is 25.5 Å². The van der Waals surface area contributed by atoms with Crippen LogP contribution in [0.4, 0.5) is 8.78 Å². The fraction of sp³-hybridized carbons (Fsp3) is 0.171. The van der Waals surface area contributed by atoms with E-state index in [9.17, 15) is 0 Å². The number of hydrogen-bond donors (Lipinski definition) is 0. The topological polar surface area (TPSA) is 17.0 Å². The molecule has 2 nitrogen and oxygen atoms in total. The number of rotatable bonds is 4. The van der Waals surface area contributed by atoms with Crippen molar-refractivity contribution >= 4 is 35.2 Å². The second-order valence-corrected chi connectivity index (χ2v) is 16.8. The summed E-state index contributed by atoms with van der Waals surface area (Å²) >= 11 is 0. The number of halogens is 2. The van der Waals surface area contributed by atoms with E-state index < -0.39 is 8.07 Å². The summed E-state index contributed by atoms with van der Waals surface area (Å²) in [7, 11) is -0.0878.